The van der Waals surface area contributed by atoms with Crippen molar-refractivity contribution in [2.75, 3.05) is 90.3 Å². The lowest BCUT2D eigenvalue weighted by Crippen LogP contribution is -2.55. The van der Waals surface area contributed by atoms with Crippen LogP contribution in [-0.4, -0.2) is 124 Å². The van der Waals surface area contributed by atoms with Crippen LogP contribution in [0.3, 0.4) is 0 Å². The molecule has 0 spiro atoms. The first-order valence-electron chi connectivity index (χ1n) is 15.8. The summed E-state index contributed by atoms with van der Waals surface area (Å²) in [6, 6.07) is 21.1. The number of anilines is 2. The van der Waals surface area contributed by atoms with Crippen LogP contribution in [0.1, 0.15) is 25.7 Å². The maximum Gasteiger partial charge on any atom is 0.230 e. The third-order valence-corrected chi connectivity index (χ3v) is 9.27. The van der Waals surface area contributed by atoms with Gasteiger partial charge in [0.1, 0.15) is 0 Å². The Morgan fingerprint density at radius 3 is 1.29 bits per heavy atom. The molecule has 4 aliphatic rings. The molecule has 2 saturated carbocycles. The number of carbonyl (C=O) groups excluding carboxylic acids is 2. The standard InChI is InChI=1S/2C17H25N3O/c2*1-18-10-11-19(2)16(12-18)13-20(17(21)14-8-9-14)15-6-4-3-5-7-15/h2*3-7,14,16H,8-13H2,1-2H3. The highest BCUT2D eigenvalue weighted by Gasteiger charge is 2.37. The number of hydrogen-bond donors (Lipinski definition) is 0. The molecule has 0 aromatic heterocycles. The molecule has 0 N–H and O–H groups in total. The molecular formula is C34H50N6O2. The molecule has 8 nitrogen and oxygen atoms in total. The maximum absolute atomic E-state index is 12.7. The van der Waals surface area contributed by atoms with Crippen molar-refractivity contribution < 1.29 is 9.59 Å². The van der Waals surface area contributed by atoms with Gasteiger partial charge in [-0.1, -0.05) is 36.4 Å². The minimum absolute atomic E-state index is 0.261. The molecule has 42 heavy (non-hydrogen) atoms. The van der Waals surface area contributed by atoms with E-state index in [1.807, 2.05) is 70.5 Å². The smallest absolute Gasteiger partial charge is 0.230 e. The summed E-state index contributed by atoms with van der Waals surface area (Å²) in [5.74, 6) is 1.14. The van der Waals surface area contributed by atoms with Gasteiger partial charge < -0.3 is 19.6 Å². The van der Waals surface area contributed by atoms with Crippen molar-refractivity contribution in [3.05, 3.63) is 60.7 Å². The van der Waals surface area contributed by atoms with E-state index in [1.165, 1.54) is 0 Å². The molecule has 0 bridgehead atoms. The first-order valence-corrected chi connectivity index (χ1v) is 15.8. The zero-order chi connectivity index (χ0) is 29.6. The van der Waals surface area contributed by atoms with Crippen LogP contribution in [0.25, 0.3) is 0 Å². The average molecular weight is 575 g/mol. The van der Waals surface area contributed by atoms with Gasteiger partial charge in [0, 0.05) is 87.7 Å². The van der Waals surface area contributed by atoms with Gasteiger partial charge in [0.25, 0.3) is 0 Å². The van der Waals surface area contributed by atoms with Crippen molar-refractivity contribution in [1.82, 2.24) is 19.6 Å². The largest absolute Gasteiger partial charge is 0.311 e. The molecule has 0 radical (unpaired) electrons. The molecular weight excluding hydrogens is 524 g/mol. The molecule has 2 amide bonds. The van der Waals surface area contributed by atoms with Gasteiger partial charge >= 0.3 is 0 Å². The third-order valence-electron chi connectivity index (χ3n) is 9.27. The Kier molecular flexibility index (Phi) is 10.3. The summed E-state index contributed by atoms with van der Waals surface area (Å²) < 4.78 is 0. The molecule has 4 fully saturated rings. The van der Waals surface area contributed by atoms with Crippen molar-refractivity contribution in [3.63, 3.8) is 0 Å². The molecule has 2 aliphatic heterocycles. The highest BCUT2D eigenvalue weighted by Crippen LogP contribution is 2.34. The van der Waals surface area contributed by atoms with Crippen molar-refractivity contribution in [1.29, 1.82) is 0 Å². The summed E-state index contributed by atoms with van der Waals surface area (Å²) in [7, 11) is 8.66. The molecule has 228 valence electrons. The second-order valence-electron chi connectivity index (χ2n) is 12.9. The zero-order valence-electron chi connectivity index (χ0n) is 26.1. The number of amides is 2. The van der Waals surface area contributed by atoms with E-state index in [0.717, 1.165) is 89.4 Å². The van der Waals surface area contributed by atoms with Gasteiger partial charge in [0.2, 0.25) is 11.8 Å². The molecule has 2 unspecified atom stereocenters. The summed E-state index contributed by atoms with van der Waals surface area (Å²) >= 11 is 0. The van der Waals surface area contributed by atoms with E-state index in [2.05, 4.69) is 47.8 Å². The molecule has 2 atom stereocenters. The minimum Gasteiger partial charge on any atom is -0.311 e. The van der Waals surface area contributed by atoms with Gasteiger partial charge in [-0.2, -0.15) is 0 Å². The quantitative estimate of drug-likeness (QED) is 0.482. The predicted molar refractivity (Wildman–Crippen MR) is 171 cm³/mol. The van der Waals surface area contributed by atoms with Gasteiger partial charge in [-0.15, -0.1) is 0 Å². The number of carbonyl (C=O) groups is 2. The number of hydrogen-bond acceptors (Lipinski definition) is 6. The lowest BCUT2D eigenvalue weighted by Gasteiger charge is -2.40. The Bertz CT molecular complexity index is 1060. The van der Waals surface area contributed by atoms with E-state index in [4.69, 9.17) is 0 Å². The van der Waals surface area contributed by atoms with Crippen LogP contribution >= 0.6 is 0 Å². The Morgan fingerprint density at radius 1 is 0.595 bits per heavy atom. The third kappa shape index (κ3) is 8.19. The summed E-state index contributed by atoms with van der Waals surface area (Å²) in [4.78, 5) is 38.8. The van der Waals surface area contributed by atoms with E-state index in [-0.39, 0.29) is 11.8 Å². The van der Waals surface area contributed by atoms with Gasteiger partial charge in [0.15, 0.2) is 0 Å². The highest BCUT2D eigenvalue weighted by molar-refractivity contribution is 5.97. The first kappa shape index (κ1) is 30.7. The van der Waals surface area contributed by atoms with Gasteiger partial charge in [0.05, 0.1) is 0 Å². The lowest BCUT2D eigenvalue weighted by atomic mass is 10.1. The zero-order valence-corrected chi connectivity index (χ0v) is 26.1. The number of likely N-dealkylation sites (N-methyl/N-ethyl adjacent to an activating group) is 4. The predicted octanol–water partition coefficient (Wildman–Crippen LogP) is 3.35. The normalized spacial score (nSPS) is 24.0. The van der Waals surface area contributed by atoms with Crippen LogP contribution in [0.4, 0.5) is 11.4 Å². The fraction of sp³-hybridized carbons (Fsp3) is 0.588. The van der Waals surface area contributed by atoms with Crippen LogP contribution in [0.15, 0.2) is 60.7 Å². The minimum atomic E-state index is 0.261. The van der Waals surface area contributed by atoms with E-state index in [0.29, 0.717) is 23.9 Å². The van der Waals surface area contributed by atoms with Crippen LogP contribution < -0.4 is 9.80 Å². The highest BCUT2D eigenvalue weighted by atomic mass is 16.2. The molecule has 6 rings (SSSR count). The molecule has 8 heteroatoms. The van der Waals surface area contributed by atoms with E-state index in [9.17, 15) is 9.59 Å². The summed E-state index contributed by atoms with van der Waals surface area (Å²) in [6.07, 6.45) is 4.23. The summed E-state index contributed by atoms with van der Waals surface area (Å²) in [6.45, 7) is 7.99. The lowest BCUT2D eigenvalue weighted by molar-refractivity contribution is -0.120. The van der Waals surface area contributed by atoms with Crippen LogP contribution in [-0.2, 0) is 9.59 Å². The van der Waals surface area contributed by atoms with Crippen molar-refractivity contribution in [2.24, 2.45) is 11.8 Å². The van der Waals surface area contributed by atoms with Crippen molar-refractivity contribution in [2.45, 2.75) is 37.8 Å². The summed E-state index contributed by atoms with van der Waals surface area (Å²) in [5.41, 5.74) is 2.08. The van der Waals surface area contributed by atoms with E-state index >= 15 is 0 Å². The molecule has 2 saturated heterocycles. The van der Waals surface area contributed by atoms with E-state index < -0.39 is 0 Å². The monoisotopic (exact) mass is 574 g/mol. The Morgan fingerprint density at radius 2 is 0.952 bits per heavy atom. The Balaban J connectivity index is 0.000000168. The SMILES string of the molecule is CN1CCN(C)C(CN(C(=O)C2CC2)c2ccccc2)C1.CN1CCN(C)C(CN(C(=O)C2CC2)c2ccccc2)C1. The van der Waals surface area contributed by atoms with Crippen LogP contribution in [0, 0.1) is 11.8 Å². The van der Waals surface area contributed by atoms with Gasteiger partial charge in [-0.3, -0.25) is 19.4 Å². The average Bonchev–Trinajstić information content (AvgIpc) is 3.92. The molecule has 2 aromatic carbocycles. The number of piperazine rings is 2. The van der Waals surface area contributed by atoms with Gasteiger partial charge in [-0.25, -0.2) is 0 Å². The fourth-order valence-electron chi connectivity index (χ4n) is 5.98. The number of para-hydroxylation sites is 2. The first-order chi connectivity index (χ1) is 20.3. The number of benzene rings is 2. The second-order valence-corrected chi connectivity index (χ2v) is 12.9. The maximum atomic E-state index is 12.7. The summed E-state index contributed by atoms with van der Waals surface area (Å²) in [5, 5.41) is 0. The molecule has 2 heterocycles. The Hall–Kier alpha value is -2.78. The molecule has 2 aliphatic carbocycles. The van der Waals surface area contributed by atoms with Crippen molar-refractivity contribution in [3.8, 4) is 0 Å². The second kappa shape index (κ2) is 14.1. The van der Waals surface area contributed by atoms with E-state index in [1.54, 1.807) is 0 Å². The van der Waals surface area contributed by atoms with Gasteiger partial charge in [-0.05, 0) is 78.1 Å². The van der Waals surface area contributed by atoms with Crippen LogP contribution in [0.2, 0.25) is 0 Å². The number of rotatable bonds is 8. The fourth-order valence-corrected chi connectivity index (χ4v) is 5.98. The Labute approximate surface area is 252 Å². The van der Waals surface area contributed by atoms with Crippen molar-refractivity contribution >= 4 is 23.2 Å². The number of nitrogens with zero attached hydrogens (tertiary/aromatic N) is 6. The molecule has 2 aromatic rings. The topological polar surface area (TPSA) is 53.6 Å². The van der Waals surface area contributed by atoms with Crippen LogP contribution in [0.5, 0.6) is 0 Å².